The van der Waals surface area contributed by atoms with Gasteiger partial charge in [-0.25, -0.2) is 13.4 Å². The van der Waals surface area contributed by atoms with Crippen LogP contribution in [0.2, 0.25) is 5.02 Å². The molecular weight excluding hydrogens is 396 g/mol. The predicted octanol–water partition coefficient (Wildman–Crippen LogP) is 4.55. The third kappa shape index (κ3) is 4.73. The lowest BCUT2D eigenvalue weighted by atomic mass is 10.1. The van der Waals surface area contributed by atoms with Gasteiger partial charge in [-0.3, -0.25) is 4.79 Å². The Morgan fingerprint density at radius 1 is 1.19 bits per heavy atom. The summed E-state index contributed by atoms with van der Waals surface area (Å²) in [6.45, 7) is 0. The molecule has 0 fully saturated rings. The molecule has 2 rings (SSSR count). The van der Waals surface area contributed by atoms with Crippen molar-refractivity contribution < 1.29 is 26.6 Å². The molecule has 0 saturated heterocycles. The maximum atomic E-state index is 13.3. The van der Waals surface area contributed by atoms with Crippen LogP contribution in [0.1, 0.15) is 22.0 Å². The molecule has 0 radical (unpaired) electrons. The fourth-order valence-electron chi connectivity index (χ4n) is 2.13. The van der Waals surface area contributed by atoms with Crippen LogP contribution in [0.4, 0.5) is 17.6 Å². The van der Waals surface area contributed by atoms with Crippen molar-refractivity contribution in [3.8, 4) is 0 Å². The minimum absolute atomic E-state index is 0.111. The number of hydrogen-bond donors (Lipinski definition) is 2. The first-order chi connectivity index (χ1) is 11.9. The number of rotatable bonds is 4. The molecule has 0 heterocycles. The van der Waals surface area contributed by atoms with Crippen molar-refractivity contribution in [2.75, 3.05) is 6.26 Å². The second-order valence-electron chi connectivity index (χ2n) is 5.49. The van der Waals surface area contributed by atoms with Crippen LogP contribution in [-0.2, 0) is 9.73 Å². The van der Waals surface area contributed by atoms with E-state index in [1.165, 1.54) is 30.5 Å². The Labute approximate surface area is 152 Å². The summed E-state index contributed by atoms with van der Waals surface area (Å²) in [4.78, 5) is 12.3. The molecule has 0 saturated carbocycles. The maximum absolute atomic E-state index is 13.3. The van der Waals surface area contributed by atoms with Crippen LogP contribution in [-0.4, -0.2) is 22.5 Å². The Morgan fingerprint density at radius 3 is 2.23 bits per heavy atom. The summed E-state index contributed by atoms with van der Waals surface area (Å²) >= 11 is 5.52. The second-order valence-corrected chi connectivity index (χ2v) is 8.06. The smallest absolute Gasteiger partial charge is 0.337 e. The van der Waals surface area contributed by atoms with Crippen molar-refractivity contribution in [3.05, 3.63) is 64.4 Å². The zero-order valence-electron chi connectivity index (χ0n) is 13.2. The summed E-state index contributed by atoms with van der Waals surface area (Å²) in [7, 11) is -3.01. The Morgan fingerprint density at radius 2 is 1.77 bits per heavy atom. The fraction of sp³-hybridized carbons (Fsp3) is 0.188. The molecular formula is C16H13ClF4N2O2S. The van der Waals surface area contributed by atoms with E-state index in [2.05, 4.69) is 0 Å². The average molecular weight is 409 g/mol. The molecule has 2 aromatic rings. The summed E-state index contributed by atoms with van der Waals surface area (Å²) in [6, 6.07) is 4.90. The topological polar surface area (TPSA) is 70.0 Å². The Kier molecular flexibility index (Phi) is 5.62. The summed E-state index contributed by atoms with van der Waals surface area (Å²) in [5.41, 5.74) is -0.531. The minimum Gasteiger partial charge on any atom is -0.337 e. The molecule has 0 aromatic heterocycles. The van der Waals surface area contributed by atoms with E-state index in [1.54, 1.807) is 0 Å². The van der Waals surface area contributed by atoms with Gasteiger partial charge in [0, 0.05) is 16.7 Å². The van der Waals surface area contributed by atoms with Gasteiger partial charge in [-0.2, -0.15) is 13.2 Å². The molecule has 2 aromatic carbocycles. The van der Waals surface area contributed by atoms with Crippen LogP contribution < -0.4 is 5.32 Å². The summed E-state index contributed by atoms with van der Waals surface area (Å²) in [5.74, 6) is -1.91. The van der Waals surface area contributed by atoms with Crippen LogP contribution >= 0.6 is 11.6 Å². The molecule has 0 bridgehead atoms. The third-order valence-corrected chi connectivity index (χ3v) is 4.91. The molecule has 1 amide bonds. The van der Waals surface area contributed by atoms with Crippen LogP contribution in [0, 0.1) is 10.6 Å². The zero-order chi connectivity index (χ0) is 19.7. The predicted molar refractivity (Wildman–Crippen MR) is 89.2 cm³/mol. The van der Waals surface area contributed by atoms with Gasteiger partial charge in [0.15, 0.2) is 6.04 Å². The number of carbonyl (C=O) groups is 1. The van der Waals surface area contributed by atoms with Gasteiger partial charge in [0.1, 0.15) is 5.82 Å². The Bertz CT molecular complexity index is 928. The fourth-order valence-corrected chi connectivity index (χ4v) is 2.97. The molecule has 0 aliphatic carbocycles. The third-order valence-electron chi connectivity index (χ3n) is 3.45. The van der Waals surface area contributed by atoms with Crippen LogP contribution in [0.3, 0.4) is 0 Å². The molecule has 0 aliphatic rings. The Hall–Kier alpha value is -2.13. The molecule has 0 spiro atoms. The summed E-state index contributed by atoms with van der Waals surface area (Å²) < 4.78 is 72.2. The monoisotopic (exact) mass is 408 g/mol. The molecule has 2 N–H and O–H groups in total. The van der Waals surface area contributed by atoms with Gasteiger partial charge in [-0.1, -0.05) is 17.7 Å². The van der Waals surface area contributed by atoms with Crippen molar-refractivity contribution >= 4 is 27.2 Å². The van der Waals surface area contributed by atoms with E-state index < -0.39 is 44.3 Å². The first-order valence-electron chi connectivity index (χ1n) is 7.06. The van der Waals surface area contributed by atoms with Crippen LogP contribution in [0.25, 0.3) is 0 Å². The van der Waals surface area contributed by atoms with Crippen LogP contribution in [0.5, 0.6) is 0 Å². The molecule has 2 unspecified atom stereocenters. The number of amides is 1. The summed E-state index contributed by atoms with van der Waals surface area (Å²) in [6.07, 6.45) is -3.66. The van der Waals surface area contributed by atoms with E-state index in [-0.39, 0.29) is 10.5 Å². The van der Waals surface area contributed by atoms with Crippen molar-refractivity contribution in [2.45, 2.75) is 17.1 Å². The molecule has 2 atom stereocenters. The highest BCUT2D eigenvalue weighted by Crippen LogP contribution is 2.34. The van der Waals surface area contributed by atoms with Gasteiger partial charge in [-0.15, -0.1) is 0 Å². The van der Waals surface area contributed by atoms with E-state index >= 15 is 0 Å². The highest BCUT2D eigenvalue weighted by atomic mass is 35.5. The molecule has 10 heteroatoms. The molecule has 4 nitrogen and oxygen atoms in total. The van der Waals surface area contributed by atoms with Crippen molar-refractivity contribution in [1.82, 2.24) is 5.32 Å². The van der Waals surface area contributed by atoms with Crippen molar-refractivity contribution in [2.24, 2.45) is 0 Å². The number of alkyl halides is 3. The lowest BCUT2D eigenvalue weighted by molar-refractivity contribution is -0.155. The van der Waals surface area contributed by atoms with Gasteiger partial charge in [0.2, 0.25) is 0 Å². The standard InChI is InChI=1S/C16H13ClF4N2O2S/c1-26(22,25)11-5-2-9(3-6-11)15(24)23-14(16(19,20)21)10-4-7-13(18)12(17)8-10/h2-8,14,22H,1H3,(H,23,24). The van der Waals surface area contributed by atoms with E-state index in [4.69, 9.17) is 16.4 Å². The van der Waals surface area contributed by atoms with E-state index in [9.17, 15) is 26.6 Å². The second kappa shape index (κ2) is 7.24. The molecule has 140 valence electrons. The number of benzene rings is 2. The number of nitrogens with one attached hydrogen (secondary N) is 2. The number of carbonyl (C=O) groups excluding carboxylic acids is 1. The van der Waals surface area contributed by atoms with Gasteiger partial charge in [-0.05, 0) is 42.0 Å². The number of halogens is 5. The minimum atomic E-state index is -4.84. The van der Waals surface area contributed by atoms with E-state index in [0.29, 0.717) is 0 Å². The lowest BCUT2D eigenvalue weighted by Crippen LogP contribution is -2.38. The van der Waals surface area contributed by atoms with Crippen molar-refractivity contribution in [1.29, 1.82) is 4.78 Å². The van der Waals surface area contributed by atoms with Gasteiger partial charge in [0.05, 0.1) is 14.8 Å². The number of hydrogen-bond acceptors (Lipinski definition) is 3. The largest absolute Gasteiger partial charge is 0.412 e. The average Bonchev–Trinajstić information content (AvgIpc) is 2.53. The zero-order valence-corrected chi connectivity index (χ0v) is 14.8. The van der Waals surface area contributed by atoms with Gasteiger partial charge in [0.25, 0.3) is 5.91 Å². The highest BCUT2D eigenvalue weighted by molar-refractivity contribution is 7.91. The highest BCUT2D eigenvalue weighted by Gasteiger charge is 2.42. The first-order valence-corrected chi connectivity index (χ1v) is 9.40. The summed E-state index contributed by atoms with van der Waals surface area (Å²) in [5, 5.41) is 1.33. The van der Waals surface area contributed by atoms with E-state index in [0.717, 1.165) is 18.2 Å². The Balaban J connectivity index is 2.31. The van der Waals surface area contributed by atoms with Gasteiger partial charge >= 0.3 is 6.18 Å². The van der Waals surface area contributed by atoms with Crippen molar-refractivity contribution in [3.63, 3.8) is 0 Å². The SMILES string of the molecule is CS(=N)(=O)c1ccc(C(=O)NC(c2ccc(F)c(Cl)c2)C(F)(F)F)cc1. The first kappa shape index (κ1) is 20.2. The maximum Gasteiger partial charge on any atom is 0.412 e. The quantitative estimate of drug-likeness (QED) is 0.729. The van der Waals surface area contributed by atoms with Crippen LogP contribution in [0.15, 0.2) is 47.4 Å². The normalized spacial score (nSPS) is 15.2. The lowest BCUT2D eigenvalue weighted by Gasteiger charge is -2.22. The molecule has 26 heavy (non-hydrogen) atoms. The van der Waals surface area contributed by atoms with E-state index in [1.807, 2.05) is 5.32 Å². The van der Waals surface area contributed by atoms with Gasteiger partial charge < -0.3 is 5.32 Å². The molecule has 0 aliphatic heterocycles.